The van der Waals surface area contributed by atoms with Crippen molar-refractivity contribution in [2.75, 3.05) is 0 Å². The highest BCUT2D eigenvalue weighted by Gasteiger charge is 2.18. The van der Waals surface area contributed by atoms with Crippen LogP contribution in [0.15, 0.2) is 30.0 Å². The molecule has 1 aliphatic heterocycles. The lowest BCUT2D eigenvalue weighted by Gasteiger charge is -2.04. The van der Waals surface area contributed by atoms with Gasteiger partial charge in [-0.15, -0.1) is 0 Å². The van der Waals surface area contributed by atoms with Crippen LogP contribution in [0.2, 0.25) is 0 Å². The van der Waals surface area contributed by atoms with E-state index in [-0.39, 0.29) is 0 Å². The van der Waals surface area contributed by atoms with Crippen molar-refractivity contribution in [3.05, 3.63) is 35.5 Å². The molecule has 2 rings (SSSR count). The molecule has 0 spiro atoms. The maximum atomic E-state index is 4.79. The zero-order valence-corrected chi connectivity index (χ0v) is 14.5. The van der Waals surface area contributed by atoms with Crippen molar-refractivity contribution in [3.63, 3.8) is 0 Å². The minimum Gasteiger partial charge on any atom is -0.253 e. The molecule has 0 saturated carbocycles. The molecule has 0 unspecified atom stereocenters. The third-order valence-electron chi connectivity index (χ3n) is 4.76. The van der Waals surface area contributed by atoms with E-state index < -0.39 is 0 Å². The van der Waals surface area contributed by atoms with E-state index in [2.05, 4.69) is 38.1 Å². The van der Waals surface area contributed by atoms with Gasteiger partial charge in [-0.05, 0) is 31.4 Å². The molecule has 1 nitrogen and oxygen atoms in total. The van der Waals surface area contributed by atoms with Crippen molar-refractivity contribution in [1.29, 1.82) is 0 Å². The Labute approximate surface area is 137 Å². The van der Waals surface area contributed by atoms with E-state index in [0.717, 1.165) is 6.42 Å². The summed E-state index contributed by atoms with van der Waals surface area (Å²) in [6.07, 6.45) is 15.1. The molecule has 22 heavy (non-hydrogen) atoms. The Morgan fingerprint density at radius 3 is 2.00 bits per heavy atom. The molecule has 0 aliphatic carbocycles. The smallest absolute Gasteiger partial charge is 0.0708 e. The Bertz CT molecular complexity index is 473. The Morgan fingerprint density at radius 2 is 1.36 bits per heavy atom. The second-order valence-corrected chi connectivity index (χ2v) is 6.63. The summed E-state index contributed by atoms with van der Waals surface area (Å²) in [6.45, 7) is 4.51. The van der Waals surface area contributed by atoms with Gasteiger partial charge in [0, 0.05) is 11.3 Å². The van der Waals surface area contributed by atoms with Crippen LogP contribution >= 0.6 is 0 Å². The number of para-hydroxylation sites is 1. The second kappa shape index (κ2) is 9.71. The minimum atomic E-state index is 1.15. The van der Waals surface area contributed by atoms with E-state index in [0.29, 0.717) is 0 Å². The first-order chi connectivity index (χ1) is 10.8. The first-order valence-corrected chi connectivity index (χ1v) is 9.34. The van der Waals surface area contributed by atoms with Crippen molar-refractivity contribution < 1.29 is 0 Å². The molecule has 0 saturated heterocycles. The van der Waals surface area contributed by atoms with Gasteiger partial charge in [-0.3, -0.25) is 5.32 Å². The topological polar surface area (TPSA) is 14.1 Å². The summed E-state index contributed by atoms with van der Waals surface area (Å²) in [5.74, 6) is 0. The van der Waals surface area contributed by atoms with Gasteiger partial charge in [0.25, 0.3) is 0 Å². The average molecular weight is 298 g/mol. The summed E-state index contributed by atoms with van der Waals surface area (Å²) >= 11 is 0. The van der Waals surface area contributed by atoms with Crippen molar-refractivity contribution in [2.24, 2.45) is 0 Å². The maximum Gasteiger partial charge on any atom is 0.0708 e. The Balaban J connectivity index is 1.52. The molecule has 1 radical (unpaired) electrons. The van der Waals surface area contributed by atoms with E-state index in [9.17, 15) is 0 Å². The van der Waals surface area contributed by atoms with E-state index in [1.54, 1.807) is 0 Å². The van der Waals surface area contributed by atoms with Crippen LogP contribution in [-0.4, -0.2) is 0 Å². The molecule has 1 aromatic carbocycles. The zero-order valence-electron chi connectivity index (χ0n) is 14.5. The lowest BCUT2D eigenvalue weighted by Crippen LogP contribution is -1.93. The van der Waals surface area contributed by atoms with Gasteiger partial charge in [-0.25, -0.2) is 0 Å². The van der Waals surface area contributed by atoms with Crippen LogP contribution in [0.4, 0.5) is 5.69 Å². The number of fused-ring (bicyclic) bond motifs is 1. The molecule has 0 fully saturated rings. The molecule has 121 valence electrons. The van der Waals surface area contributed by atoms with E-state index >= 15 is 0 Å². The standard InChI is InChI=1S/C21H32N/c1-3-4-5-6-7-8-9-10-11-12-16-20-18(2)19-15-13-14-17-21(19)22-20/h13-15,17H,3-12,16H2,1-2H3. The molecule has 0 atom stereocenters. The first-order valence-electron chi connectivity index (χ1n) is 9.34. The van der Waals surface area contributed by atoms with E-state index in [1.807, 2.05) is 0 Å². The highest BCUT2D eigenvalue weighted by Crippen LogP contribution is 2.35. The maximum absolute atomic E-state index is 4.79. The number of unbranched alkanes of at least 4 members (excludes halogenated alkanes) is 9. The fraction of sp³-hybridized carbons (Fsp3) is 0.619. The van der Waals surface area contributed by atoms with Gasteiger partial charge in [0.15, 0.2) is 0 Å². The average Bonchev–Trinajstić information content (AvgIpc) is 2.86. The number of hydrogen-bond donors (Lipinski definition) is 0. The molecule has 0 bridgehead atoms. The van der Waals surface area contributed by atoms with E-state index in [4.69, 9.17) is 5.32 Å². The molecule has 0 amide bonds. The summed E-state index contributed by atoms with van der Waals surface area (Å²) in [7, 11) is 0. The van der Waals surface area contributed by atoms with Crippen LogP contribution in [-0.2, 0) is 0 Å². The van der Waals surface area contributed by atoms with Gasteiger partial charge < -0.3 is 0 Å². The Hall–Kier alpha value is -1.24. The number of benzene rings is 1. The third kappa shape index (κ3) is 5.19. The molecule has 1 heterocycles. The predicted octanol–water partition coefficient (Wildman–Crippen LogP) is 6.98. The molecule has 1 aromatic rings. The van der Waals surface area contributed by atoms with Gasteiger partial charge >= 0.3 is 0 Å². The van der Waals surface area contributed by atoms with Gasteiger partial charge in [0.1, 0.15) is 0 Å². The SMILES string of the molecule is CCCCCCCCCCCCC1=C(C)c2ccccc2[N]1. The molecular weight excluding hydrogens is 266 g/mol. The number of hydrogen-bond acceptors (Lipinski definition) is 0. The number of rotatable bonds is 11. The summed E-state index contributed by atoms with van der Waals surface area (Å²) in [6, 6.07) is 8.52. The van der Waals surface area contributed by atoms with Crippen molar-refractivity contribution in [1.82, 2.24) is 5.32 Å². The molecular formula is C21H32N. The summed E-state index contributed by atoms with van der Waals surface area (Å²) in [4.78, 5) is 0. The normalized spacial score (nSPS) is 13.4. The Morgan fingerprint density at radius 1 is 0.773 bits per heavy atom. The monoisotopic (exact) mass is 298 g/mol. The van der Waals surface area contributed by atoms with Gasteiger partial charge in [0.2, 0.25) is 0 Å². The third-order valence-corrected chi connectivity index (χ3v) is 4.76. The summed E-state index contributed by atoms with van der Waals surface area (Å²) in [5, 5.41) is 4.79. The first kappa shape index (κ1) is 17.1. The van der Waals surface area contributed by atoms with Crippen molar-refractivity contribution >= 4 is 11.3 Å². The van der Waals surface area contributed by atoms with Crippen LogP contribution in [0, 0.1) is 0 Å². The number of nitrogens with zero attached hydrogens (tertiary/aromatic N) is 1. The van der Waals surface area contributed by atoms with Crippen LogP contribution in [0.25, 0.3) is 5.57 Å². The zero-order chi connectivity index (χ0) is 15.6. The fourth-order valence-electron chi connectivity index (χ4n) is 3.30. The predicted molar refractivity (Wildman–Crippen MR) is 97.3 cm³/mol. The van der Waals surface area contributed by atoms with Gasteiger partial charge in [-0.1, -0.05) is 82.9 Å². The summed E-state index contributed by atoms with van der Waals surface area (Å²) < 4.78 is 0. The highest BCUT2D eigenvalue weighted by atomic mass is 14.9. The fourth-order valence-corrected chi connectivity index (χ4v) is 3.30. The van der Waals surface area contributed by atoms with Gasteiger partial charge in [0.05, 0.1) is 5.69 Å². The van der Waals surface area contributed by atoms with Crippen molar-refractivity contribution in [3.8, 4) is 0 Å². The quantitative estimate of drug-likeness (QED) is 0.391. The van der Waals surface area contributed by atoms with Gasteiger partial charge in [-0.2, -0.15) is 0 Å². The van der Waals surface area contributed by atoms with Crippen LogP contribution < -0.4 is 5.32 Å². The van der Waals surface area contributed by atoms with Crippen LogP contribution in [0.1, 0.15) is 90.0 Å². The molecule has 1 heteroatoms. The van der Waals surface area contributed by atoms with Crippen LogP contribution in [0.3, 0.4) is 0 Å². The molecule has 0 aromatic heterocycles. The van der Waals surface area contributed by atoms with Crippen LogP contribution in [0.5, 0.6) is 0 Å². The summed E-state index contributed by atoms with van der Waals surface area (Å²) in [5.41, 5.74) is 5.22. The lowest BCUT2D eigenvalue weighted by molar-refractivity contribution is 0.555. The highest BCUT2D eigenvalue weighted by molar-refractivity contribution is 5.80. The van der Waals surface area contributed by atoms with Crippen molar-refractivity contribution in [2.45, 2.75) is 84.5 Å². The lowest BCUT2D eigenvalue weighted by atomic mass is 10.0. The second-order valence-electron chi connectivity index (χ2n) is 6.63. The molecule has 0 N–H and O–H groups in total. The number of allylic oxidation sites excluding steroid dienone is 2. The largest absolute Gasteiger partial charge is 0.253 e. The molecule has 1 aliphatic rings. The Kier molecular flexibility index (Phi) is 7.56. The van der Waals surface area contributed by atoms with E-state index in [1.165, 1.54) is 86.7 Å². The minimum absolute atomic E-state index is 1.15.